The number of allylic oxidation sites excluding steroid dienone is 1. The van der Waals surface area contributed by atoms with Crippen molar-refractivity contribution >= 4 is 34.5 Å². The lowest BCUT2D eigenvalue weighted by molar-refractivity contribution is -0.107. The van der Waals surface area contributed by atoms with Gasteiger partial charge in [0, 0.05) is 5.02 Å². The van der Waals surface area contributed by atoms with Crippen LogP contribution in [0, 0.1) is 13.8 Å². The first kappa shape index (κ1) is 15.8. The SMILES string of the molecule is Cc1cc(C=CC(=O)Cl)cc(C)c1Cc1ccc(Cl)cc1. The van der Waals surface area contributed by atoms with Crippen LogP contribution in [0.3, 0.4) is 0 Å². The number of benzene rings is 2. The Morgan fingerprint density at radius 3 is 2.19 bits per heavy atom. The Balaban J connectivity index is 2.28. The zero-order chi connectivity index (χ0) is 15.4. The first-order valence-electron chi connectivity index (χ1n) is 6.68. The molecule has 0 spiro atoms. The van der Waals surface area contributed by atoms with Crippen LogP contribution in [0.25, 0.3) is 6.08 Å². The van der Waals surface area contributed by atoms with Gasteiger partial charge in [0.2, 0.25) is 5.24 Å². The molecule has 0 bridgehead atoms. The van der Waals surface area contributed by atoms with Crippen molar-refractivity contribution in [2.45, 2.75) is 20.3 Å². The van der Waals surface area contributed by atoms with E-state index in [-0.39, 0.29) is 0 Å². The molecule has 0 radical (unpaired) electrons. The lowest BCUT2D eigenvalue weighted by Gasteiger charge is -2.12. The summed E-state index contributed by atoms with van der Waals surface area (Å²) in [5, 5.41) is 0.286. The second-order valence-corrected chi connectivity index (χ2v) is 5.88. The van der Waals surface area contributed by atoms with E-state index < -0.39 is 5.24 Å². The minimum Gasteiger partial charge on any atom is -0.276 e. The summed E-state index contributed by atoms with van der Waals surface area (Å²) in [7, 11) is 0. The van der Waals surface area contributed by atoms with Gasteiger partial charge in [-0.25, -0.2) is 0 Å². The minimum atomic E-state index is -0.462. The summed E-state index contributed by atoms with van der Waals surface area (Å²) in [5.41, 5.74) is 5.91. The molecule has 0 atom stereocenters. The highest BCUT2D eigenvalue weighted by molar-refractivity contribution is 6.66. The topological polar surface area (TPSA) is 17.1 Å². The molecule has 0 amide bonds. The van der Waals surface area contributed by atoms with Crippen LogP contribution in [-0.4, -0.2) is 5.24 Å². The smallest absolute Gasteiger partial charge is 0.245 e. The maximum Gasteiger partial charge on any atom is 0.245 e. The van der Waals surface area contributed by atoms with E-state index in [1.54, 1.807) is 6.08 Å². The third kappa shape index (κ3) is 4.45. The van der Waals surface area contributed by atoms with Crippen LogP contribution in [0.15, 0.2) is 42.5 Å². The fourth-order valence-electron chi connectivity index (χ4n) is 2.37. The normalized spacial score (nSPS) is 11.0. The molecule has 0 fully saturated rings. The number of carbonyl (C=O) groups is 1. The molecule has 2 aromatic carbocycles. The van der Waals surface area contributed by atoms with Crippen molar-refractivity contribution in [2.75, 3.05) is 0 Å². The van der Waals surface area contributed by atoms with Gasteiger partial charge in [-0.2, -0.15) is 0 Å². The molecular weight excluding hydrogens is 303 g/mol. The fraction of sp³-hybridized carbons (Fsp3) is 0.167. The highest BCUT2D eigenvalue weighted by atomic mass is 35.5. The molecule has 0 N–H and O–H groups in total. The molecule has 3 heteroatoms. The molecule has 2 rings (SSSR count). The molecule has 0 aliphatic rings. The Bertz CT molecular complexity index is 662. The minimum absolute atomic E-state index is 0.462. The summed E-state index contributed by atoms with van der Waals surface area (Å²) < 4.78 is 0. The van der Waals surface area contributed by atoms with Crippen LogP contribution >= 0.6 is 23.2 Å². The van der Waals surface area contributed by atoms with Gasteiger partial charge >= 0.3 is 0 Å². The molecule has 108 valence electrons. The van der Waals surface area contributed by atoms with Gasteiger partial charge in [0.15, 0.2) is 0 Å². The van der Waals surface area contributed by atoms with E-state index in [9.17, 15) is 4.79 Å². The zero-order valence-corrected chi connectivity index (χ0v) is 13.5. The lowest BCUT2D eigenvalue weighted by atomic mass is 9.94. The van der Waals surface area contributed by atoms with Crippen LogP contribution in [0.1, 0.15) is 27.8 Å². The van der Waals surface area contributed by atoms with Gasteiger partial charge in [-0.15, -0.1) is 0 Å². The zero-order valence-electron chi connectivity index (χ0n) is 12.0. The van der Waals surface area contributed by atoms with Crippen LogP contribution in [-0.2, 0) is 11.2 Å². The van der Waals surface area contributed by atoms with E-state index in [1.807, 2.05) is 24.3 Å². The molecule has 0 aliphatic carbocycles. The van der Waals surface area contributed by atoms with Gasteiger partial charge in [-0.3, -0.25) is 4.79 Å². The molecule has 0 aliphatic heterocycles. The van der Waals surface area contributed by atoms with Gasteiger partial charge in [0.1, 0.15) is 0 Å². The maximum absolute atomic E-state index is 10.8. The number of hydrogen-bond donors (Lipinski definition) is 0. The monoisotopic (exact) mass is 318 g/mol. The van der Waals surface area contributed by atoms with Crippen molar-refractivity contribution < 1.29 is 4.79 Å². The van der Waals surface area contributed by atoms with E-state index in [4.69, 9.17) is 23.2 Å². The Labute approximate surface area is 135 Å². The number of hydrogen-bond acceptors (Lipinski definition) is 1. The predicted molar refractivity (Wildman–Crippen MR) is 90.1 cm³/mol. The molecule has 0 aromatic heterocycles. The molecular formula is C18H16Cl2O. The first-order valence-corrected chi connectivity index (χ1v) is 7.43. The van der Waals surface area contributed by atoms with E-state index in [0.717, 1.165) is 17.0 Å². The molecule has 1 nitrogen and oxygen atoms in total. The highest BCUT2D eigenvalue weighted by Gasteiger charge is 2.06. The number of halogens is 2. The first-order chi connectivity index (χ1) is 9.95. The van der Waals surface area contributed by atoms with Crippen molar-refractivity contribution in [3.8, 4) is 0 Å². The van der Waals surface area contributed by atoms with E-state index in [0.29, 0.717) is 0 Å². The molecule has 2 aromatic rings. The Hall–Kier alpha value is -1.57. The van der Waals surface area contributed by atoms with Crippen molar-refractivity contribution in [1.29, 1.82) is 0 Å². The Morgan fingerprint density at radius 1 is 1.10 bits per heavy atom. The van der Waals surface area contributed by atoms with Crippen LogP contribution in [0.2, 0.25) is 5.02 Å². The summed E-state index contributed by atoms with van der Waals surface area (Å²) >= 11 is 11.2. The van der Waals surface area contributed by atoms with Crippen molar-refractivity contribution in [3.05, 3.63) is 75.3 Å². The average molecular weight is 319 g/mol. The summed E-state index contributed by atoms with van der Waals surface area (Å²) in [6.45, 7) is 4.16. The Morgan fingerprint density at radius 2 is 1.67 bits per heavy atom. The van der Waals surface area contributed by atoms with Gasteiger partial charge in [0.25, 0.3) is 0 Å². The highest BCUT2D eigenvalue weighted by Crippen LogP contribution is 2.22. The molecule has 0 heterocycles. The van der Waals surface area contributed by atoms with E-state index in [1.165, 1.54) is 28.3 Å². The fourth-order valence-corrected chi connectivity index (χ4v) is 2.56. The second-order valence-electron chi connectivity index (χ2n) is 5.07. The van der Waals surface area contributed by atoms with Gasteiger partial charge in [-0.1, -0.05) is 41.9 Å². The van der Waals surface area contributed by atoms with Gasteiger partial charge < -0.3 is 0 Å². The molecule has 0 saturated heterocycles. The third-order valence-corrected chi connectivity index (χ3v) is 3.80. The van der Waals surface area contributed by atoms with Crippen LogP contribution in [0.4, 0.5) is 0 Å². The molecule has 21 heavy (non-hydrogen) atoms. The molecule has 0 unspecified atom stereocenters. The predicted octanol–water partition coefficient (Wildman–Crippen LogP) is 5.33. The average Bonchev–Trinajstić information content (AvgIpc) is 2.42. The van der Waals surface area contributed by atoms with Crippen molar-refractivity contribution in [1.82, 2.24) is 0 Å². The second kappa shape index (κ2) is 6.93. The summed E-state index contributed by atoms with van der Waals surface area (Å²) in [6.07, 6.45) is 3.98. The summed E-state index contributed by atoms with van der Waals surface area (Å²) in [4.78, 5) is 10.8. The number of carbonyl (C=O) groups excluding carboxylic acids is 1. The quantitative estimate of drug-likeness (QED) is 0.550. The molecule has 0 saturated carbocycles. The summed E-state index contributed by atoms with van der Waals surface area (Å²) in [6, 6.07) is 12.0. The summed E-state index contributed by atoms with van der Waals surface area (Å²) in [5.74, 6) is 0. The van der Waals surface area contributed by atoms with E-state index >= 15 is 0 Å². The third-order valence-electron chi connectivity index (χ3n) is 3.42. The van der Waals surface area contributed by atoms with Crippen molar-refractivity contribution in [2.24, 2.45) is 0 Å². The largest absolute Gasteiger partial charge is 0.276 e. The van der Waals surface area contributed by atoms with Crippen LogP contribution < -0.4 is 0 Å². The van der Waals surface area contributed by atoms with Gasteiger partial charge in [0.05, 0.1) is 0 Å². The van der Waals surface area contributed by atoms with Crippen molar-refractivity contribution in [3.63, 3.8) is 0 Å². The lowest BCUT2D eigenvalue weighted by Crippen LogP contribution is -1.97. The van der Waals surface area contributed by atoms with Gasteiger partial charge in [-0.05, 0) is 77.9 Å². The number of aryl methyl sites for hydroxylation is 2. The Kier molecular flexibility index (Phi) is 5.22. The number of rotatable bonds is 4. The van der Waals surface area contributed by atoms with E-state index in [2.05, 4.69) is 26.0 Å². The maximum atomic E-state index is 10.8. The standard InChI is InChI=1S/C18H16Cl2O/c1-12-9-15(5-8-18(20)21)10-13(2)17(12)11-14-3-6-16(19)7-4-14/h3-10H,11H2,1-2H3. The van der Waals surface area contributed by atoms with Crippen LogP contribution in [0.5, 0.6) is 0 Å².